The van der Waals surface area contributed by atoms with Crippen LogP contribution in [0.5, 0.6) is 0 Å². The molecular weight excluding hydrogens is 332 g/mol. The molecule has 0 spiro atoms. The third kappa shape index (κ3) is 5.52. The Morgan fingerprint density at radius 3 is 1.84 bits per heavy atom. The molecule has 0 saturated carbocycles. The maximum Gasteiger partial charge on any atom is 0.349 e. The van der Waals surface area contributed by atoms with Gasteiger partial charge in [-0.2, -0.15) is 0 Å². The van der Waals surface area contributed by atoms with E-state index in [4.69, 9.17) is 8.85 Å². The van der Waals surface area contributed by atoms with Gasteiger partial charge < -0.3 is 19.1 Å². The molecule has 0 amide bonds. The Balaban J connectivity index is 2.98. The number of aliphatic hydroxyl groups is 2. The third-order valence-corrected chi connectivity index (χ3v) is 10.7. The van der Waals surface area contributed by atoms with Gasteiger partial charge in [0.15, 0.2) is 0 Å². The molecule has 0 bridgehead atoms. The van der Waals surface area contributed by atoms with Crippen LogP contribution in [0.15, 0.2) is 0 Å². The van der Waals surface area contributed by atoms with Gasteiger partial charge in [0.1, 0.15) is 0 Å². The average Bonchev–Trinajstić information content (AvgIpc) is 2.43. The van der Waals surface area contributed by atoms with Gasteiger partial charge in [-0.1, -0.05) is 62.3 Å². The highest BCUT2D eigenvalue weighted by Crippen LogP contribution is 2.55. The molecule has 0 aromatic rings. The van der Waals surface area contributed by atoms with Gasteiger partial charge >= 0.3 is 8.56 Å². The lowest BCUT2D eigenvalue weighted by Gasteiger charge is -2.55. The molecule has 1 aliphatic heterocycles. The molecule has 0 aliphatic carbocycles. The Morgan fingerprint density at radius 1 is 0.960 bits per heavy atom. The minimum Gasteiger partial charge on any atom is -0.393 e. The van der Waals surface area contributed by atoms with Gasteiger partial charge in [-0.05, 0) is 31.6 Å². The van der Waals surface area contributed by atoms with Gasteiger partial charge in [-0.15, -0.1) is 0 Å². The molecule has 150 valence electrons. The molecule has 5 heteroatoms. The zero-order valence-corrected chi connectivity index (χ0v) is 18.9. The standard InChI is InChI=1S/C20H42O4Si/c1-10-16-13-17(11-15(21)12-18(22)14(2)3)24-25(23-16,19(4,5)6)20(7,8)9/h14-18,21-22H,10-13H2,1-9H3/t15-,16-,17-,18-/m1/s1. The minimum absolute atomic E-state index is 0.00169. The largest absolute Gasteiger partial charge is 0.393 e. The van der Waals surface area contributed by atoms with Crippen molar-refractivity contribution in [1.29, 1.82) is 0 Å². The Hall–Kier alpha value is 0.0569. The molecule has 1 rings (SSSR count). The summed E-state index contributed by atoms with van der Waals surface area (Å²) in [7, 11) is -2.54. The van der Waals surface area contributed by atoms with Gasteiger partial charge in [0.05, 0.1) is 18.3 Å². The van der Waals surface area contributed by atoms with Crippen LogP contribution in [0.4, 0.5) is 0 Å². The molecule has 4 nitrogen and oxygen atoms in total. The van der Waals surface area contributed by atoms with E-state index >= 15 is 0 Å². The van der Waals surface area contributed by atoms with Gasteiger partial charge in [0.2, 0.25) is 0 Å². The quantitative estimate of drug-likeness (QED) is 0.657. The number of hydrogen-bond donors (Lipinski definition) is 2. The van der Waals surface area contributed by atoms with Crippen molar-refractivity contribution in [1.82, 2.24) is 0 Å². The third-order valence-electron chi connectivity index (χ3n) is 5.44. The summed E-state index contributed by atoms with van der Waals surface area (Å²) in [5.74, 6) is 0.159. The summed E-state index contributed by atoms with van der Waals surface area (Å²) in [5.41, 5.74) is 0. The van der Waals surface area contributed by atoms with Crippen LogP contribution in [-0.4, -0.2) is 43.2 Å². The normalized spacial score (nSPS) is 27.4. The number of hydrogen-bond acceptors (Lipinski definition) is 4. The highest BCUT2D eigenvalue weighted by atomic mass is 28.4. The first-order valence-electron chi connectivity index (χ1n) is 9.95. The smallest absolute Gasteiger partial charge is 0.349 e. The lowest BCUT2D eigenvalue weighted by molar-refractivity contribution is -0.0487. The van der Waals surface area contributed by atoms with Crippen molar-refractivity contribution < 1.29 is 19.1 Å². The Bertz CT molecular complexity index is 397. The molecule has 1 heterocycles. The summed E-state index contributed by atoms with van der Waals surface area (Å²) in [4.78, 5) is 0. The van der Waals surface area contributed by atoms with Crippen molar-refractivity contribution in [3.8, 4) is 0 Å². The van der Waals surface area contributed by atoms with Gasteiger partial charge in [-0.3, -0.25) is 0 Å². The first-order chi connectivity index (χ1) is 11.2. The van der Waals surface area contributed by atoms with E-state index in [2.05, 4.69) is 48.5 Å². The summed E-state index contributed by atoms with van der Waals surface area (Å²) >= 11 is 0. The molecular formula is C20H42O4Si. The van der Waals surface area contributed by atoms with Crippen molar-refractivity contribution in [3.05, 3.63) is 0 Å². The number of rotatable bonds is 6. The summed E-state index contributed by atoms with van der Waals surface area (Å²) in [6, 6.07) is 0. The zero-order chi connectivity index (χ0) is 19.6. The van der Waals surface area contributed by atoms with E-state index in [1.165, 1.54) is 0 Å². The van der Waals surface area contributed by atoms with Crippen LogP contribution < -0.4 is 0 Å². The van der Waals surface area contributed by atoms with Gasteiger partial charge in [0.25, 0.3) is 0 Å². The van der Waals surface area contributed by atoms with Crippen molar-refractivity contribution >= 4 is 8.56 Å². The molecule has 0 radical (unpaired) electrons. The van der Waals surface area contributed by atoms with E-state index in [1.54, 1.807) is 0 Å². The minimum atomic E-state index is -2.54. The summed E-state index contributed by atoms with van der Waals surface area (Å²) in [6.07, 6.45) is 1.95. The lowest BCUT2D eigenvalue weighted by atomic mass is 9.96. The van der Waals surface area contributed by atoms with Gasteiger partial charge in [0, 0.05) is 16.2 Å². The second-order valence-corrected chi connectivity index (χ2v) is 14.9. The van der Waals surface area contributed by atoms with Crippen molar-refractivity contribution in [2.24, 2.45) is 5.92 Å². The Labute approximate surface area is 156 Å². The number of aliphatic hydroxyl groups excluding tert-OH is 2. The summed E-state index contributed by atoms with van der Waals surface area (Å²) < 4.78 is 13.4. The van der Waals surface area contributed by atoms with Gasteiger partial charge in [-0.25, -0.2) is 0 Å². The molecule has 4 atom stereocenters. The predicted molar refractivity (Wildman–Crippen MR) is 106 cm³/mol. The van der Waals surface area contributed by atoms with E-state index in [1.807, 2.05) is 13.8 Å². The highest BCUT2D eigenvalue weighted by Gasteiger charge is 2.61. The lowest BCUT2D eigenvalue weighted by Crippen LogP contribution is -2.63. The Morgan fingerprint density at radius 2 is 1.44 bits per heavy atom. The predicted octanol–water partition coefficient (Wildman–Crippen LogP) is 4.77. The SMILES string of the molecule is CC[C@@H]1C[C@@H](C[C@@H](O)C[C@@H](O)C(C)C)O[Si](C(C)(C)C)(C(C)(C)C)O1. The van der Waals surface area contributed by atoms with Crippen molar-refractivity contribution in [2.75, 3.05) is 0 Å². The molecule has 1 saturated heterocycles. The second-order valence-electron chi connectivity index (χ2n) is 10.2. The van der Waals surface area contributed by atoms with Crippen LogP contribution in [-0.2, 0) is 8.85 Å². The van der Waals surface area contributed by atoms with Crippen molar-refractivity contribution in [2.45, 2.75) is 122 Å². The van der Waals surface area contributed by atoms with E-state index < -0.39 is 20.8 Å². The maximum atomic E-state index is 10.5. The molecule has 0 aromatic carbocycles. The van der Waals surface area contributed by atoms with Crippen molar-refractivity contribution in [3.63, 3.8) is 0 Å². The first kappa shape index (κ1) is 23.1. The van der Waals surface area contributed by atoms with E-state index in [9.17, 15) is 10.2 Å². The molecule has 1 fully saturated rings. The highest BCUT2D eigenvalue weighted by molar-refractivity contribution is 6.73. The summed E-state index contributed by atoms with van der Waals surface area (Å²) in [6.45, 7) is 19.4. The molecule has 0 unspecified atom stereocenters. The van der Waals surface area contributed by atoms with Crippen LogP contribution >= 0.6 is 0 Å². The van der Waals surface area contributed by atoms with Crippen LogP contribution in [0, 0.1) is 5.92 Å². The van der Waals surface area contributed by atoms with E-state index in [0.717, 1.165) is 12.8 Å². The Kier molecular flexibility index (Phi) is 7.75. The van der Waals surface area contributed by atoms with Crippen LogP contribution in [0.2, 0.25) is 10.1 Å². The second kappa shape index (κ2) is 8.38. The zero-order valence-electron chi connectivity index (χ0n) is 17.9. The summed E-state index contributed by atoms with van der Waals surface area (Å²) in [5, 5.41) is 20.4. The molecule has 25 heavy (non-hydrogen) atoms. The molecule has 2 N–H and O–H groups in total. The maximum absolute atomic E-state index is 10.5. The molecule has 0 aromatic heterocycles. The fourth-order valence-corrected chi connectivity index (χ4v) is 9.18. The topological polar surface area (TPSA) is 58.9 Å². The van der Waals surface area contributed by atoms with E-state index in [0.29, 0.717) is 12.8 Å². The fraction of sp³-hybridized carbons (Fsp3) is 1.00. The van der Waals surface area contributed by atoms with E-state index in [-0.39, 0.29) is 28.2 Å². The van der Waals surface area contributed by atoms with Crippen LogP contribution in [0.1, 0.15) is 88.0 Å². The monoisotopic (exact) mass is 374 g/mol. The molecule has 1 aliphatic rings. The average molecular weight is 375 g/mol. The van der Waals surface area contributed by atoms with Crippen LogP contribution in [0.25, 0.3) is 0 Å². The fourth-order valence-electron chi connectivity index (χ4n) is 4.06. The first-order valence-corrected chi connectivity index (χ1v) is 11.8. The van der Waals surface area contributed by atoms with Crippen LogP contribution in [0.3, 0.4) is 0 Å².